The molecular weight excluding hydrogens is 524 g/mol. The molecule has 3 fully saturated rings. The number of hydrogen-bond donors (Lipinski definition) is 2. The summed E-state index contributed by atoms with van der Waals surface area (Å²) in [5.41, 5.74) is 5.11. The Morgan fingerprint density at radius 1 is 1.02 bits per heavy atom. The van der Waals surface area contributed by atoms with Crippen molar-refractivity contribution in [1.29, 1.82) is 0 Å². The number of H-pyrrole nitrogens is 1. The molecule has 1 amide bonds. The van der Waals surface area contributed by atoms with E-state index < -0.39 is 0 Å². The van der Waals surface area contributed by atoms with E-state index in [1.807, 2.05) is 18.2 Å². The first-order valence-electron chi connectivity index (χ1n) is 16.3. The Labute approximate surface area is 250 Å². The van der Waals surface area contributed by atoms with Crippen molar-refractivity contribution >= 4 is 16.8 Å². The number of ether oxygens (including phenoxy) is 2. The zero-order valence-corrected chi connectivity index (χ0v) is 25.3. The van der Waals surface area contributed by atoms with Crippen molar-refractivity contribution in [3.8, 4) is 11.3 Å². The van der Waals surface area contributed by atoms with Crippen molar-refractivity contribution in [2.75, 3.05) is 52.6 Å². The van der Waals surface area contributed by atoms with E-state index in [9.17, 15) is 4.79 Å². The molecule has 226 valence electrons. The van der Waals surface area contributed by atoms with Crippen molar-refractivity contribution in [2.24, 2.45) is 17.3 Å². The van der Waals surface area contributed by atoms with Crippen LogP contribution in [-0.2, 0) is 15.9 Å². The molecule has 0 radical (unpaired) electrons. The van der Waals surface area contributed by atoms with Gasteiger partial charge in [-0.2, -0.15) is 5.10 Å². The van der Waals surface area contributed by atoms with Crippen molar-refractivity contribution in [1.82, 2.24) is 20.4 Å². The number of aromatic nitrogens is 2. The molecule has 42 heavy (non-hydrogen) atoms. The Morgan fingerprint density at radius 3 is 2.64 bits per heavy atom. The molecule has 2 unspecified atom stereocenters. The van der Waals surface area contributed by atoms with Gasteiger partial charge in [-0.25, -0.2) is 0 Å². The molecule has 1 aromatic heterocycles. The second kappa shape index (κ2) is 13.7. The second-order valence-electron chi connectivity index (χ2n) is 13.3. The number of benzene rings is 2. The van der Waals surface area contributed by atoms with Crippen molar-refractivity contribution < 1.29 is 14.3 Å². The van der Waals surface area contributed by atoms with E-state index in [-0.39, 0.29) is 11.3 Å². The summed E-state index contributed by atoms with van der Waals surface area (Å²) in [6, 6.07) is 14.7. The molecule has 1 saturated carbocycles. The van der Waals surface area contributed by atoms with Gasteiger partial charge in [0.1, 0.15) is 0 Å². The van der Waals surface area contributed by atoms with Crippen LogP contribution in [0.2, 0.25) is 0 Å². The number of morpholine rings is 1. The first-order valence-corrected chi connectivity index (χ1v) is 16.3. The summed E-state index contributed by atoms with van der Waals surface area (Å²) in [7, 11) is 0. The highest BCUT2D eigenvalue weighted by Crippen LogP contribution is 2.37. The van der Waals surface area contributed by atoms with E-state index in [0.717, 1.165) is 81.2 Å². The van der Waals surface area contributed by atoms with Gasteiger partial charge in [0.15, 0.2) is 0 Å². The van der Waals surface area contributed by atoms with E-state index in [4.69, 9.17) is 9.47 Å². The van der Waals surface area contributed by atoms with E-state index in [1.54, 1.807) is 0 Å². The van der Waals surface area contributed by atoms with Crippen molar-refractivity contribution in [3.05, 3.63) is 53.6 Å². The standard InChI is InChI=1S/C35H48N4O3/c1-26-5-6-28(23-42-22-26)8-7-27-9-11-29(12-10-27)33-31-21-30(13-14-32(31)37-38-33)34(40)36-24-35(15-3-2-4-16-35)25-39-17-19-41-20-18-39/h9-14,21,26,28H,2-8,15-20,22-25H2,1H3,(H,36,40)(H,37,38). The molecule has 3 heterocycles. The topological polar surface area (TPSA) is 79.5 Å². The fraction of sp³-hybridized carbons (Fsp3) is 0.600. The molecule has 2 atom stereocenters. The Kier molecular flexibility index (Phi) is 9.57. The van der Waals surface area contributed by atoms with E-state index >= 15 is 0 Å². The van der Waals surface area contributed by atoms with Crippen LogP contribution in [0.5, 0.6) is 0 Å². The van der Waals surface area contributed by atoms with Crippen LogP contribution >= 0.6 is 0 Å². The van der Waals surface area contributed by atoms with Crippen LogP contribution in [0.25, 0.3) is 22.2 Å². The third-order valence-electron chi connectivity index (χ3n) is 9.92. The Hall–Kier alpha value is -2.74. The molecule has 3 aliphatic rings. The van der Waals surface area contributed by atoms with Crippen LogP contribution < -0.4 is 5.32 Å². The predicted molar refractivity (Wildman–Crippen MR) is 168 cm³/mol. The third kappa shape index (κ3) is 7.24. The number of aromatic amines is 1. The van der Waals surface area contributed by atoms with Crippen LogP contribution in [-0.4, -0.2) is 73.6 Å². The normalized spacial score (nSPS) is 23.5. The SMILES string of the molecule is CC1CCC(CCc2ccc(-c3n[nH]c4ccc(C(=O)NCC5(CN6CCOCC6)CCCCC5)cc34)cc2)COC1. The molecular formula is C35H48N4O3. The summed E-state index contributed by atoms with van der Waals surface area (Å²) < 4.78 is 11.4. The highest BCUT2D eigenvalue weighted by atomic mass is 16.5. The van der Waals surface area contributed by atoms with Crippen LogP contribution in [0.4, 0.5) is 0 Å². The lowest BCUT2D eigenvalue weighted by molar-refractivity contribution is 0.00728. The smallest absolute Gasteiger partial charge is 0.251 e. The zero-order valence-electron chi connectivity index (χ0n) is 25.3. The first kappa shape index (κ1) is 29.3. The van der Waals surface area contributed by atoms with E-state index in [1.165, 1.54) is 56.9 Å². The van der Waals surface area contributed by atoms with Crippen molar-refractivity contribution in [2.45, 2.75) is 64.7 Å². The number of hydrogen-bond acceptors (Lipinski definition) is 5. The Morgan fingerprint density at radius 2 is 1.83 bits per heavy atom. The van der Waals surface area contributed by atoms with Crippen LogP contribution in [0.3, 0.4) is 0 Å². The molecule has 3 aromatic rings. The molecule has 2 saturated heterocycles. The minimum absolute atomic E-state index is 0.00297. The van der Waals surface area contributed by atoms with Gasteiger partial charge in [0.25, 0.3) is 5.91 Å². The van der Waals surface area contributed by atoms with Gasteiger partial charge in [0.05, 0.1) is 24.4 Å². The minimum Gasteiger partial charge on any atom is -0.381 e. The van der Waals surface area contributed by atoms with Gasteiger partial charge >= 0.3 is 0 Å². The predicted octanol–water partition coefficient (Wildman–Crippen LogP) is 6.24. The van der Waals surface area contributed by atoms with Gasteiger partial charge in [0.2, 0.25) is 0 Å². The van der Waals surface area contributed by atoms with Gasteiger partial charge in [0, 0.05) is 61.3 Å². The van der Waals surface area contributed by atoms with E-state index in [2.05, 4.69) is 51.6 Å². The van der Waals surface area contributed by atoms with E-state index in [0.29, 0.717) is 17.4 Å². The molecule has 2 N–H and O–H groups in total. The monoisotopic (exact) mass is 572 g/mol. The summed E-state index contributed by atoms with van der Waals surface area (Å²) in [5.74, 6) is 1.34. The van der Waals surface area contributed by atoms with Gasteiger partial charge in [-0.05, 0) is 74.1 Å². The highest BCUT2D eigenvalue weighted by molar-refractivity contribution is 6.01. The maximum absolute atomic E-state index is 13.4. The molecule has 1 aliphatic carbocycles. The average molecular weight is 573 g/mol. The summed E-state index contributed by atoms with van der Waals surface area (Å²) in [6.45, 7) is 9.47. The summed E-state index contributed by atoms with van der Waals surface area (Å²) in [4.78, 5) is 16.0. The Bertz CT molecular complexity index is 1310. The van der Waals surface area contributed by atoms with Gasteiger partial charge in [-0.3, -0.25) is 14.8 Å². The zero-order chi connectivity index (χ0) is 28.8. The fourth-order valence-electron chi connectivity index (χ4n) is 7.22. The average Bonchev–Trinajstić information content (AvgIpc) is 3.34. The number of fused-ring (bicyclic) bond motifs is 1. The molecule has 0 spiro atoms. The third-order valence-corrected chi connectivity index (χ3v) is 9.92. The maximum atomic E-state index is 13.4. The van der Waals surface area contributed by atoms with Crippen LogP contribution in [0.1, 0.15) is 74.2 Å². The molecule has 2 aromatic carbocycles. The molecule has 7 nitrogen and oxygen atoms in total. The number of nitrogens with zero attached hydrogens (tertiary/aromatic N) is 2. The second-order valence-corrected chi connectivity index (χ2v) is 13.3. The number of carbonyl (C=O) groups excluding carboxylic acids is 1. The summed E-state index contributed by atoms with van der Waals surface area (Å²) in [6.07, 6.45) is 10.9. The molecule has 0 bridgehead atoms. The van der Waals surface area contributed by atoms with Crippen molar-refractivity contribution in [3.63, 3.8) is 0 Å². The lowest BCUT2D eigenvalue weighted by atomic mass is 9.73. The summed E-state index contributed by atoms with van der Waals surface area (Å²) in [5, 5.41) is 12.1. The van der Waals surface area contributed by atoms with Gasteiger partial charge in [-0.15, -0.1) is 0 Å². The largest absolute Gasteiger partial charge is 0.381 e. The first-order chi connectivity index (χ1) is 20.6. The number of nitrogens with one attached hydrogen (secondary N) is 2. The number of rotatable bonds is 9. The number of aryl methyl sites for hydroxylation is 1. The molecule has 7 heteroatoms. The summed E-state index contributed by atoms with van der Waals surface area (Å²) >= 11 is 0. The highest BCUT2D eigenvalue weighted by Gasteiger charge is 2.35. The quantitative estimate of drug-likeness (QED) is 0.317. The number of carbonyl (C=O) groups is 1. The van der Waals surface area contributed by atoms with Gasteiger partial charge in [-0.1, -0.05) is 50.5 Å². The molecule has 2 aliphatic heterocycles. The van der Waals surface area contributed by atoms with Gasteiger partial charge < -0.3 is 14.8 Å². The fourth-order valence-corrected chi connectivity index (χ4v) is 7.22. The minimum atomic E-state index is 0.00297. The van der Waals surface area contributed by atoms with Crippen LogP contribution in [0.15, 0.2) is 42.5 Å². The molecule has 6 rings (SSSR count). The van der Waals surface area contributed by atoms with Crippen LogP contribution in [0, 0.1) is 17.3 Å². The number of amides is 1. The lowest BCUT2D eigenvalue weighted by Crippen LogP contribution is -2.49. The maximum Gasteiger partial charge on any atom is 0.251 e. The Balaban J connectivity index is 1.10. The lowest BCUT2D eigenvalue weighted by Gasteiger charge is -2.42.